The summed E-state index contributed by atoms with van der Waals surface area (Å²) in [5.41, 5.74) is 8.07. The van der Waals surface area contributed by atoms with Crippen molar-refractivity contribution < 1.29 is 4.42 Å². The zero-order valence-corrected chi connectivity index (χ0v) is 11.0. The van der Waals surface area contributed by atoms with E-state index in [1.54, 1.807) is 6.20 Å². The second kappa shape index (κ2) is 5.03. The van der Waals surface area contributed by atoms with Crippen LogP contribution in [0.25, 0.3) is 11.0 Å². The van der Waals surface area contributed by atoms with Crippen LogP contribution >= 0.6 is 11.6 Å². The summed E-state index contributed by atoms with van der Waals surface area (Å²) in [6.45, 7) is 0. The van der Waals surface area contributed by atoms with Crippen molar-refractivity contribution in [2.75, 3.05) is 0 Å². The number of aromatic nitrogens is 1. The zero-order valence-electron chi connectivity index (χ0n) is 10.2. The van der Waals surface area contributed by atoms with Crippen molar-refractivity contribution in [1.82, 2.24) is 4.98 Å². The van der Waals surface area contributed by atoms with Gasteiger partial charge in [-0.2, -0.15) is 0 Å². The molecule has 1 aromatic carbocycles. The number of fused-ring (bicyclic) bond motifs is 1. The molecule has 3 rings (SSSR count). The van der Waals surface area contributed by atoms with E-state index in [4.69, 9.17) is 21.8 Å². The Morgan fingerprint density at radius 2 is 2.16 bits per heavy atom. The third-order valence-corrected chi connectivity index (χ3v) is 3.28. The Morgan fingerprint density at radius 3 is 2.95 bits per heavy atom. The molecule has 0 saturated carbocycles. The van der Waals surface area contributed by atoms with Crippen LogP contribution in [0.3, 0.4) is 0 Å². The molecule has 2 heterocycles. The topological polar surface area (TPSA) is 52.0 Å². The molecule has 96 valence electrons. The molecule has 2 aromatic heterocycles. The summed E-state index contributed by atoms with van der Waals surface area (Å²) >= 11 is 5.96. The Morgan fingerprint density at radius 1 is 1.26 bits per heavy atom. The van der Waals surface area contributed by atoms with E-state index in [1.165, 1.54) is 0 Å². The second-order valence-corrected chi connectivity index (χ2v) is 4.94. The summed E-state index contributed by atoms with van der Waals surface area (Å²) in [6, 6.07) is 11.2. The standard InChI is InChI=1S/C15H13ClN2O/c16-12-3-4-14-11(7-12)8-15(19-14)13(17)6-10-2-1-5-18-9-10/h1-5,7-9,13H,6,17H2. The number of nitrogens with two attached hydrogens (primary N) is 1. The highest BCUT2D eigenvalue weighted by Crippen LogP contribution is 2.26. The van der Waals surface area contributed by atoms with Crippen LogP contribution < -0.4 is 5.73 Å². The van der Waals surface area contributed by atoms with Crippen LogP contribution in [-0.2, 0) is 6.42 Å². The van der Waals surface area contributed by atoms with E-state index in [9.17, 15) is 0 Å². The number of hydrogen-bond donors (Lipinski definition) is 1. The monoisotopic (exact) mass is 272 g/mol. The molecule has 0 aliphatic heterocycles. The smallest absolute Gasteiger partial charge is 0.134 e. The van der Waals surface area contributed by atoms with Gasteiger partial charge < -0.3 is 10.2 Å². The van der Waals surface area contributed by atoms with Crippen molar-refractivity contribution in [2.24, 2.45) is 5.73 Å². The fourth-order valence-electron chi connectivity index (χ4n) is 2.09. The fraction of sp³-hybridized carbons (Fsp3) is 0.133. The predicted octanol–water partition coefficient (Wildman–Crippen LogP) is 3.72. The lowest BCUT2D eigenvalue weighted by Gasteiger charge is -2.07. The van der Waals surface area contributed by atoms with E-state index in [0.29, 0.717) is 11.4 Å². The molecule has 0 fully saturated rings. The lowest BCUT2D eigenvalue weighted by Crippen LogP contribution is -2.12. The minimum absolute atomic E-state index is 0.185. The molecule has 3 aromatic rings. The Bertz CT molecular complexity index is 694. The first-order valence-electron chi connectivity index (χ1n) is 6.06. The molecule has 3 nitrogen and oxygen atoms in total. The number of pyridine rings is 1. The van der Waals surface area contributed by atoms with Crippen LogP contribution in [0.4, 0.5) is 0 Å². The van der Waals surface area contributed by atoms with Gasteiger partial charge in [0.1, 0.15) is 11.3 Å². The Balaban J connectivity index is 1.87. The highest BCUT2D eigenvalue weighted by atomic mass is 35.5. The number of furan rings is 1. The minimum Gasteiger partial charge on any atom is -0.459 e. The summed E-state index contributed by atoms with van der Waals surface area (Å²) in [6.07, 6.45) is 4.26. The van der Waals surface area contributed by atoms with Crippen molar-refractivity contribution in [3.05, 3.63) is 65.1 Å². The molecule has 1 atom stereocenters. The molecule has 19 heavy (non-hydrogen) atoms. The number of hydrogen-bond acceptors (Lipinski definition) is 3. The summed E-state index contributed by atoms with van der Waals surface area (Å²) in [5, 5.41) is 1.67. The highest BCUT2D eigenvalue weighted by molar-refractivity contribution is 6.31. The van der Waals surface area contributed by atoms with Crippen LogP contribution in [0.5, 0.6) is 0 Å². The molecule has 0 radical (unpaired) electrons. The van der Waals surface area contributed by atoms with Crippen molar-refractivity contribution in [1.29, 1.82) is 0 Å². The van der Waals surface area contributed by atoms with Crippen molar-refractivity contribution in [3.8, 4) is 0 Å². The second-order valence-electron chi connectivity index (χ2n) is 4.50. The van der Waals surface area contributed by atoms with Gasteiger partial charge in [-0.15, -0.1) is 0 Å². The van der Waals surface area contributed by atoms with Gasteiger partial charge in [0.05, 0.1) is 6.04 Å². The van der Waals surface area contributed by atoms with E-state index in [2.05, 4.69) is 4.98 Å². The maximum atomic E-state index is 6.17. The molecule has 0 aliphatic carbocycles. The SMILES string of the molecule is NC(Cc1cccnc1)c1cc2cc(Cl)ccc2o1. The molecular weight excluding hydrogens is 260 g/mol. The normalized spacial score (nSPS) is 12.7. The lowest BCUT2D eigenvalue weighted by molar-refractivity contribution is 0.494. The maximum Gasteiger partial charge on any atom is 0.134 e. The summed E-state index contributed by atoms with van der Waals surface area (Å²) in [4.78, 5) is 4.08. The van der Waals surface area contributed by atoms with Crippen LogP contribution in [0, 0.1) is 0 Å². The molecule has 0 bridgehead atoms. The average Bonchev–Trinajstić information content (AvgIpc) is 2.83. The molecule has 0 amide bonds. The zero-order chi connectivity index (χ0) is 13.2. The first-order chi connectivity index (χ1) is 9.22. The Hall–Kier alpha value is -1.84. The van der Waals surface area contributed by atoms with E-state index in [-0.39, 0.29) is 6.04 Å². The van der Waals surface area contributed by atoms with Gasteiger partial charge in [-0.25, -0.2) is 0 Å². The van der Waals surface area contributed by atoms with Gasteiger partial charge in [0.2, 0.25) is 0 Å². The Kier molecular flexibility index (Phi) is 3.23. The first-order valence-corrected chi connectivity index (χ1v) is 6.43. The van der Waals surface area contributed by atoms with Gasteiger partial charge >= 0.3 is 0 Å². The largest absolute Gasteiger partial charge is 0.459 e. The minimum atomic E-state index is -0.185. The van der Waals surface area contributed by atoms with Gasteiger partial charge in [-0.3, -0.25) is 4.98 Å². The van der Waals surface area contributed by atoms with Gasteiger partial charge in [-0.1, -0.05) is 17.7 Å². The number of nitrogens with zero attached hydrogens (tertiary/aromatic N) is 1. The van der Waals surface area contributed by atoms with Gasteiger partial charge in [0, 0.05) is 22.8 Å². The molecule has 0 aliphatic rings. The van der Waals surface area contributed by atoms with Crippen LogP contribution in [-0.4, -0.2) is 4.98 Å². The van der Waals surface area contributed by atoms with Crippen LogP contribution in [0.15, 0.2) is 53.2 Å². The van der Waals surface area contributed by atoms with Crippen LogP contribution in [0.2, 0.25) is 5.02 Å². The van der Waals surface area contributed by atoms with Gasteiger partial charge in [0.15, 0.2) is 0 Å². The molecule has 2 N–H and O–H groups in total. The van der Waals surface area contributed by atoms with E-state index >= 15 is 0 Å². The molecule has 0 saturated heterocycles. The first kappa shape index (κ1) is 12.2. The fourth-order valence-corrected chi connectivity index (χ4v) is 2.27. The summed E-state index contributed by atoms with van der Waals surface area (Å²) in [5.74, 6) is 0.765. The molecule has 4 heteroatoms. The third kappa shape index (κ3) is 2.62. The molecule has 0 spiro atoms. The number of benzene rings is 1. The number of rotatable bonds is 3. The quantitative estimate of drug-likeness (QED) is 0.790. The summed E-state index contributed by atoms with van der Waals surface area (Å²) < 4.78 is 5.75. The third-order valence-electron chi connectivity index (χ3n) is 3.04. The van der Waals surface area contributed by atoms with E-state index < -0.39 is 0 Å². The number of halogens is 1. The van der Waals surface area contributed by atoms with Gasteiger partial charge in [0.25, 0.3) is 0 Å². The predicted molar refractivity (Wildman–Crippen MR) is 76.1 cm³/mol. The van der Waals surface area contributed by atoms with E-state index in [0.717, 1.165) is 22.3 Å². The molecular formula is C15H13ClN2O. The van der Waals surface area contributed by atoms with Crippen molar-refractivity contribution >= 4 is 22.6 Å². The Labute approximate surface area is 116 Å². The summed E-state index contributed by atoms with van der Waals surface area (Å²) in [7, 11) is 0. The van der Waals surface area contributed by atoms with Crippen molar-refractivity contribution in [3.63, 3.8) is 0 Å². The van der Waals surface area contributed by atoms with E-state index in [1.807, 2.05) is 42.6 Å². The lowest BCUT2D eigenvalue weighted by atomic mass is 10.1. The van der Waals surface area contributed by atoms with Crippen LogP contribution in [0.1, 0.15) is 17.4 Å². The van der Waals surface area contributed by atoms with Gasteiger partial charge in [-0.05, 0) is 42.3 Å². The van der Waals surface area contributed by atoms with Crippen molar-refractivity contribution in [2.45, 2.75) is 12.5 Å². The average molecular weight is 273 g/mol. The maximum absolute atomic E-state index is 6.17. The molecule has 1 unspecified atom stereocenters. The highest BCUT2D eigenvalue weighted by Gasteiger charge is 2.13.